The molecular formula is C21H33I. The van der Waals surface area contributed by atoms with E-state index in [1.54, 1.807) is 5.56 Å². The third-order valence-corrected chi connectivity index (χ3v) is 7.16. The molecule has 1 heteroatoms. The van der Waals surface area contributed by atoms with Gasteiger partial charge >= 0.3 is 0 Å². The maximum Gasteiger partial charge on any atom is 0.0223 e. The highest BCUT2D eigenvalue weighted by atomic mass is 127. The minimum absolute atomic E-state index is 0.507. The molecule has 2 rings (SSSR count). The van der Waals surface area contributed by atoms with E-state index in [1.807, 2.05) is 0 Å². The van der Waals surface area contributed by atoms with Crippen LogP contribution in [0.3, 0.4) is 0 Å². The molecule has 0 aliphatic heterocycles. The Morgan fingerprint density at radius 1 is 1.14 bits per heavy atom. The third-order valence-electron chi connectivity index (χ3n) is 5.55. The zero-order chi connectivity index (χ0) is 16.2. The van der Waals surface area contributed by atoms with Gasteiger partial charge in [-0.05, 0) is 80.4 Å². The molecule has 0 N–H and O–H groups in total. The molecule has 0 spiro atoms. The first-order valence-electron chi connectivity index (χ1n) is 9.11. The second kappa shape index (κ2) is 7.68. The molecule has 0 amide bonds. The fourth-order valence-corrected chi connectivity index (χ4v) is 3.77. The Labute approximate surface area is 151 Å². The summed E-state index contributed by atoms with van der Waals surface area (Å²) in [4.78, 5) is 0. The molecule has 0 unspecified atom stereocenters. The summed E-state index contributed by atoms with van der Waals surface area (Å²) in [6.45, 7) is 9.38. The highest BCUT2D eigenvalue weighted by molar-refractivity contribution is 14.1. The molecule has 0 bridgehead atoms. The van der Waals surface area contributed by atoms with E-state index in [0.29, 0.717) is 8.84 Å². The maximum atomic E-state index is 2.67. The SMILES string of the molecule is CCC(C)(C)CCCc1ccc(CCCC2(I)CC2)c(C)c1. The molecule has 1 aliphatic carbocycles. The molecule has 1 saturated carbocycles. The smallest absolute Gasteiger partial charge is 0.0223 e. The van der Waals surface area contributed by atoms with Crippen molar-refractivity contribution in [3.63, 3.8) is 0 Å². The summed E-state index contributed by atoms with van der Waals surface area (Å²) < 4.78 is 0.678. The summed E-state index contributed by atoms with van der Waals surface area (Å²) in [6, 6.07) is 7.20. The molecule has 1 fully saturated rings. The maximum absolute atomic E-state index is 2.67. The summed E-state index contributed by atoms with van der Waals surface area (Å²) in [6.07, 6.45) is 12.1. The molecular weight excluding hydrogens is 379 g/mol. The zero-order valence-corrected chi connectivity index (χ0v) is 17.1. The average Bonchev–Trinajstić information content (AvgIpc) is 3.19. The van der Waals surface area contributed by atoms with Gasteiger partial charge in [-0.25, -0.2) is 0 Å². The fraction of sp³-hybridized carbons (Fsp3) is 0.714. The molecule has 0 atom stereocenters. The second-order valence-electron chi connectivity index (χ2n) is 8.14. The van der Waals surface area contributed by atoms with Crippen LogP contribution in [-0.4, -0.2) is 3.42 Å². The van der Waals surface area contributed by atoms with Gasteiger partial charge in [-0.3, -0.25) is 0 Å². The van der Waals surface area contributed by atoms with Gasteiger partial charge in [0.25, 0.3) is 0 Å². The van der Waals surface area contributed by atoms with E-state index in [0.717, 1.165) is 0 Å². The molecule has 0 nitrogen and oxygen atoms in total. The van der Waals surface area contributed by atoms with Crippen LogP contribution in [0.4, 0.5) is 0 Å². The number of alkyl halides is 1. The molecule has 22 heavy (non-hydrogen) atoms. The van der Waals surface area contributed by atoms with Gasteiger partial charge in [0.05, 0.1) is 0 Å². The van der Waals surface area contributed by atoms with Gasteiger partial charge in [-0.1, -0.05) is 68.0 Å². The van der Waals surface area contributed by atoms with E-state index in [4.69, 9.17) is 0 Å². The predicted molar refractivity (Wildman–Crippen MR) is 107 cm³/mol. The summed E-state index contributed by atoms with van der Waals surface area (Å²) in [5.41, 5.74) is 5.11. The minimum atomic E-state index is 0.507. The van der Waals surface area contributed by atoms with Crippen LogP contribution in [0.25, 0.3) is 0 Å². The normalized spacial score (nSPS) is 16.8. The van der Waals surface area contributed by atoms with Gasteiger partial charge in [0.1, 0.15) is 0 Å². The molecule has 0 heterocycles. The first-order chi connectivity index (χ1) is 10.3. The van der Waals surface area contributed by atoms with E-state index in [9.17, 15) is 0 Å². The van der Waals surface area contributed by atoms with Crippen molar-refractivity contribution in [1.82, 2.24) is 0 Å². The van der Waals surface area contributed by atoms with E-state index in [2.05, 4.69) is 68.5 Å². The lowest BCUT2D eigenvalue weighted by molar-refractivity contribution is 0.313. The first kappa shape index (κ1) is 18.3. The van der Waals surface area contributed by atoms with Crippen LogP contribution in [0, 0.1) is 12.3 Å². The Morgan fingerprint density at radius 3 is 2.45 bits per heavy atom. The Kier molecular flexibility index (Phi) is 6.39. The number of halogens is 1. The standard InChI is InChI=1S/C21H33I/c1-5-20(3,4)12-6-8-18-10-11-19(17(2)16-18)9-7-13-21(22)14-15-21/h10-11,16H,5-9,12-15H2,1-4H3. The van der Waals surface area contributed by atoms with E-state index in [1.165, 1.54) is 68.9 Å². The molecule has 0 radical (unpaired) electrons. The number of aryl methyl sites for hydroxylation is 3. The molecule has 1 aromatic rings. The van der Waals surface area contributed by atoms with E-state index < -0.39 is 0 Å². The first-order valence-corrected chi connectivity index (χ1v) is 10.2. The van der Waals surface area contributed by atoms with Crippen molar-refractivity contribution < 1.29 is 0 Å². The van der Waals surface area contributed by atoms with Gasteiger partial charge in [0.15, 0.2) is 0 Å². The van der Waals surface area contributed by atoms with E-state index >= 15 is 0 Å². The highest BCUT2D eigenvalue weighted by Crippen LogP contribution is 2.48. The van der Waals surface area contributed by atoms with Gasteiger partial charge in [-0.15, -0.1) is 0 Å². The van der Waals surface area contributed by atoms with Gasteiger partial charge in [-0.2, -0.15) is 0 Å². The van der Waals surface area contributed by atoms with Crippen molar-refractivity contribution in [2.75, 3.05) is 0 Å². The largest absolute Gasteiger partial charge is 0.0789 e. The topological polar surface area (TPSA) is 0 Å². The van der Waals surface area contributed by atoms with Crippen molar-refractivity contribution >= 4 is 22.6 Å². The molecule has 1 aliphatic rings. The summed E-state index contributed by atoms with van der Waals surface area (Å²) in [5, 5.41) is 0. The Balaban J connectivity index is 1.78. The second-order valence-corrected chi connectivity index (χ2v) is 10.4. The third kappa shape index (κ3) is 5.86. The van der Waals surface area contributed by atoms with Crippen molar-refractivity contribution in [2.45, 2.75) is 88.9 Å². The van der Waals surface area contributed by atoms with Gasteiger partial charge in [0.2, 0.25) is 0 Å². The fourth-order valence-electron chi connectivity index (χ4n) is 3.12. The minimum Gasteiger partial charge on any atom is -0.0789 e. The summed E-state index contributed by atoms with van der Waals surface area (Å²) in [5.74, 6) is 0. The molecule has 0 saturated heterocycles. The van der Waals surface area contributed by atoms with Crippen molar-refractivity contribution in [3.05, 3.63) is 34.9 Å². The molecule has 124 valence electrons. The Morgan fingerprint density at radius 2 is 1.86 bits per heavy atom. The van der Waals surface area contributed by atoms with Crippen LogP contribution in [-0.2, 0) is 12.8 Å². The van der Waals surface area contributed by atoms with Crippen LogP contribution in [0.15, 0.2) is 18.2 Å². The van der Waals surface area contributed by atoms with Crippen LogP contribution in [0.5, 0.6) is 0 Å². The zero-order valence-electron chi connectivity index (χ0n) is 15.0. The number of rotatable bonds is 9. The monoisotopic (exact) mass is 412 g/mol. The quantitative estimate of drug-likeness (QED) is 0.301. The number of hydrogen-bond acceptors (Lipinski definition) is 0. The van der Waals surface area contributed by atoms with E-state index in [-0.39, 0.29) is 0 Å². The van der Waals surface area contributed by atoms with Crippen molar-refractivity contribution in [1.29, 1.82) is 0 Å². The summed E-state index contributed by atoms with van der Waals surface area (Å²) >= 11 is 2.67. The summed E-state index contributed by atoms with van der Waals surface area (Å²) in [7, 11) is 0. The van der Waals surface area contributed by atoms with Crippen LogP contribution in [0.1, 0.15) is 82.4 Å². The van der Waals surface area contributed by atoms with Crippen LogP contribution >= 0.6 is 22.6 Å². The van der Waals surface area contributed by atoms with Crippen molar-refractivity contribution in [2.24, 2.45) is 5.41 Å². The lowest BCUT2D eigenvalue weighted by Gasteiger charge is -2.22. The Bertz CT molecular complexity index is 483. The van der Waals surface area contributed by atoms with Crippen molar-refractivity contribution in [3.8, 4) is 0 Å². The lowest BCUT2D eigenvalue weighted by atomic mass is 9.84. The highest BCUT2D eigenvalue weighted by Gasteiger charge is 2.38. The number of benzene rings is 1. The molecule has 1 aromatic carbocycles. The van der Waals surface area contributed by atoms with Crippen LogP contribution in [0.2, 0.25) is 0 Å². The Hall–Kier alpha value is -0.0500. The lowest BCUT2D eigenvalue weighted by Crippen LogP contribution is -2.09. The predicted octanol–water partition coefficient (Wildman–Crippen LogP) is 7.04. The number of hydrogen-bond donors (Lipinski definition) is 0. The van der Waals surface area contributed by atoms with Gasteiger partial charge < -0.3 is 0 Å². The average molecular weight is 412 g/mol. The van der Waals surface area contributed by atoms with Crippen LogP contribution < -0.4 is 0 Å². The van der Waals surface area contributed by atoms with Gasteiger partial charge in [0, 0.05) is 3.42 Å². The molecule has 0 aromatic heterocycles.